The van der Waals surface area contributed by atoms with E-state index in [1.165, 1.54) is 10.5 Å². The summed E-state index contributed by atoms with van der Waals surface area (Å²) in [5, 5.41) is 3.21. The summed E-state index contributed by atoms with van der Waals surface area (Å²) >= 11 is 2.28. The minimum absolute atomic E-state index is 0.327. The zero-order chi connectivity index (χ0) is 17.6. The van der Waals surface area contributed by atoms with Gasteiger partial charge in [0, 0.05) is 28.8 Å². The highest BCUT2D eigenvalue weighted by Crippen LogP contribution is 2.19. The molecule has 0 aliphatic rings. The van der Waals surface area contributed by atoms with Crippen LogP contribution >= 0.6 is 22.6 Å². The number of ether oxygens (including phenoxy) is 1. The van der Waals surface area contributed by atoms with Crippen LogP contribution in [-0.4, -0.2) is 15.9 Å². The van der Waals surface area contributed by atoms with E-state index in [1.807, 2.05) is 30.3 Å². The van der Waals surface area contributed by atoms with Crippen LogP contribution in [0.25, 0.3) is 11.3 Å². The Morgan fingerprint density at radius 1 is 1.08 bits per heavy atom. The molecule has 0 radical (unpaired) electrons. The van der Waals surface area contributed by atoms with Gasteiger partial charge in [-0.25, -0.2) is 9.97 Å². The van der Waals surface area contributed by atoms with Gasteiger partial charge in [0.2, 0.25) is 5.95 Å². The third-order valence-electron chi connectivity index (χ3n) is 3.43. The van der Waals surface area contributed by atoms with E-state index < -0.39 is 0 Å². The first-order valence-corrected chi connectivity index (χ1v) is 8.78. The molecule has 25 heavy (non-hydrogen) atoms. The average Bonchev–Trinajstić information content (AvgIpc) is 2.61. The number of carbonyl (C=O) groups excluding carboxylic acids is 1. The molecule has 0 atom stereocenters. The highest BCUT2D eigenvalue weighted by atomic mass is 127. The molecule has 2 aromatic carbocycles. The fourth-order valence-corrected chi connectivity index (χ4v) is 2.61. The van der Waals surface area contributed by atoms with Crippen molar-refractivity contribution in [2.75, 3.05) is 5.32 Å². The van der Waals surface area contributed by atoms with E-state index in [1.54, 1.807) is 18.3 Å². The second-order valence-corrected chi connectivity index (χ2v) is 6.61. The fourth-order valence-electron chi connectivity index (χ4n) is 2.25. The van der Waals surface area contributed by atoms with Crippen molar-refractivity contribution in [3.63, 3.8) is 0 Å². The van der Waals surface area contributed by atoms with Crippen molar-refractivity contribution in [3.8, 4) is 17.0 Å². The lowest BCUT2D eigenvalue weighted by molar-refractivity contribution is -0.131. The van der Waals surface area contributed by atoms with Crippen molar-refractivity contribution in [2.24, 2.45) is 0 Å². The number of nitrogens with zero attached hydrogens (tertiary/aromatic N) is 2. The number of carbonyl (C=O) groups is 1. The zero-order valence-corrected chi connectivity index (χ0v) is 15.7. The van der Waals surface area contributed by atoms with Crippen LogP contribution in [0.4, 0.5) is 5.95 Å². The van der Waals surface area contributed by atoms with Gasteiger partial charge in [-0.1, -0.05) is 24.3 Å². The summed E-state index contributed by atoms with van der Waals surface area (Å²) < 4.78 is 6.21. The molecule has 0 fully saturated rings. The van der Waals surface area contributed by atoms with Gasteiger partial charge < -0.3 is 10.1 Å². The molecule has 0 spiro atoms. The lowest BCUT2D eigenvalue weighted by Crippen LogP contribution is -2.04. The maximum atomic E-state index is 10.9. The lowest BCUT2D eigenvalue weighted by Gasteiger charge is -2.08. The lowest BCUT2D eigenvalue weighted by atomic mass is 10.1. The van der Waals surface area contributed by atoms with E-state index in [9.17, 15) is 4.79 Å². The molecule has 3 aromatic rings. The maximum Gasteiger partial charge on any atom is 0.308 e. The van der Waals surface area contributed by atoms with Crippen LogP contribution in [-0.2, 0) is 11.3 Å². The summed E-state index contributed by atoms with van der Waals surface area (Å²) in [6, 6.07) is 17.4. The number of halogens is 1. The standard InChI is InChI=1S/C19H16IN3O2/c1-13(24)25-17-8-2-14(3-9-17)12-22-19-21-11-10-18(23-19)15-4-6-16(20)7-5-15/h2-11H,12H2,1H3,(H,21,22,23). The molecule has 126 valence electrons. The van der Waals surface area contributed by atoms with E-state index >= 15 is 0 Å². The molecule has 1 heterocycles. The van der Waals surface area contributed by atoms with Crippen LogP contribution in [0.3, 0.4) is 0 Å². The van der Waals surface area contributed by atoms with Gasteiger partial charge in [-0.15, -0.1) is 0 Å². The van der Waals surface area contributed by atoms with Gasteiger partial charge in [0.05, 0.1) is 5.69 Å². The van der Waals surface area contributed by atoms with Crippen LogP contribution in [0, 0.1) is 3.57 Å². The molecule has 0 saturated heterocycles. The van der Waals surface area contributed by atoms with Gasteiger partial charge >= 0.3 is 5.97 Å². The summed E-state index contributed by atoms with van der Waals surface area (Å²) in [5.74, 6) is 0.778. The Balaban J connectivity index is 1.66. The first-order valence-electron chi connectivity index (χ1n) is 7.70. The average molecular weight is 445 g/mol. The van der Waals surface area contributed by atoms with Crippen LogP contribution in [0.2, 0.25) is 0 Å². The maximum absolute atomic E-state index is 10.9. The fraction of sp³-hybridized carbons (Fsp3) is 0.105. The predicted octanol–water partition coefficient (Wildman–Crippen LogP) is 4.29. The van der Waals surface area contributed by atoms with Gasteiger partial charge in [-0.05, 0) is 58.5 Å². The largest absolute Gasteiger partial charge is 0.427 e. The molecule has 0 aliphatic heterocycles. The van der Waals surface area contributed by atoms with Crippen molar-refractivity contribution in [1.82, 2.24) is 9.97 Å². The van der Waals surface area contributed by atoms with Crippen LogP contribution in [0.1, 0.15) is 12.5 Å². The van der Waals surface area contributed by atoms with Crippen LogP contribution in [0.5, 0.6) is 5.75 Å². The molecule has 6 heteroatoms. The molecule has 0 unspecified atom stereocenters. The molecule has 5 nitrogen and oxygen atoms in total. The monoisotopic (exact) mass is 445 g/mol. The minimum Gasteiger partial charge on any atom is -0.427 e. The van der Waals surface area contributed by atoms with Crippen LogP contribution in [0.15, 0.2) is 60.8 Å². The third-order valence-corrected chi connectivity index (χ3v) is 4.15. The molecular weight excluding hydrogens is 429 g/mol. The number of nitrogens with one attached hydrogen (secondary N) is 1. The number of rotatable bonds is 5. The van der Waals surface area contributed by atoms with E-state index in [2.05, 4.69) is 50.0 Å². The second-order valence-electron chi connectivity index (χ2n) is 5.36. The number of hydrogen-bond donors (Lipinski definition) is 1. The summed E-state index contributed by atoms with van der Waals surface area (Å²) in [5.41, 5.74) is 2.97. The summed E-state index contributed by atoms with van der Waals surface area (Å²) in [6.07, 6.45) is 1.74. The van der Waals surface area contributed by atoms with E-state index in [-0.39, 0.29) is 5.97 Å². The summed E-state index contributed by atoms with van der Waals surface area (Å²) in [7, 11) is 0. The van der Waals surface area contributed by atoms with E-state index in [0.717, 1.165) is 16.8 Å². The van der Waals surface area contributed by atoms with Crippen LogP contribution < -0.4 is 10.1 Å². The Kier molecular flexibility index (Phi) is 5.60. The van der Waals surface area contributed by atoms with Crippen molar-refractivity contribution >= 4 is 34.5 Å². The minimum atomic E-state index is -0.327. The topological polar surface area (TPSA) is 64.1 Å². The number of aromatic nitrogens is 2. The Morgan fingerprint density at radius 2 is 1.80 bits per heavy atom. The predicted molar refractivity (Wildman–Crippen MR) is 105 cm³/mol. The van der Waals surface area contributed by atoms with E-state index in [4.69, 9.17) is 4.74 Å². The molecule has 3 rings (SSSR count). The summed E-state index contributed by atoms with van der Waals surface area (Å²) in [6.45, 7) is 1.96. The Bertz CT molecular complexity index is 865. The molecule has 0 aliphatic carbocycles. The number of anilines is 1. The normalized spacial score (nSPS) is 10.3. The molecular formula is C19H16IN3O2. The molecule has 0 amide bonds. The van der Waals surface area contributed by atoms with Gasteiger partial charge in [0.15, 0.2) is 0 Å². The van der Waals surface area contributed by atoms with Gasteiger partial charge in [-0.2, -0.15) is 0 Å². The van der Waals surface area contributed by atoms with E-state index in [0.29, 0.717) is 18.2 Å². The van der Waals surface area contributed by atoms with Crippen molar-refractivity contribution in [2.45, 2.75) is 13.5 Å². The smallest absolute Gasteiger partial charge is 0.308 e. The SMILES string of the molecule is CC(=O)Oc1ccc(CNc2nccc(-c3ccc(I)cc3)n2)cc1. The van der Waals surface area contributed by atoms with Gasteiger partial charge in [-0.3, -0.25) is 4.79 Å². The molecule has 0 saturated carbocycles. The first-order chi connectivity index (χ1) is 12.1. The third kappa shape index (κ3) is 4.99. The number of esters is 1. The number of benzene rings is 2. The molecule has 1 N–H and O–H groups in total. The van der Waals surface area contributed by atoms with Gasteiger partial charge in [0.1, 0.15) is 5.75 Å². The summed E-state index contributed by atoms with van der Waals surface area (Å²) in [4.78, 5) is 19.7. The highest BCUT2D eigenvalue weighted by Gasteiger charge is 2.03. The quantitative estimate of drug-likeness (QED) is 0.361. The highest BCUT2D eigenvalue weighted by molar-refractivity contribution is 14.1. The van der Waals surface area contributed by atoms with Crippen molar-refractivity contribution < 1.29 is 9.53 Å². The molecule has 0 bridgehead atoms. The second kappa shape index (κ2) is 8.06. The van der Waals surface area contributed by atoms with Crippen molar-refractivity contribution in [1.29, 1.82) is 0 Å². The Labute approximate surface area is 159 Å². The molecule has 1 aromatic heterocycles. The Hall–Kier alpha value is -2.48. The Morgan fingerprint density at radius 3 is 2.48 bits per heavy atom. The van der Waals surface area contributed by atoms with Gasteiger partial charge in [0.25, 0.3) is 0 Å². The first kappa shape index (κ1) is 17.3. The zero-order valence-electron chi connectivity index (χ0n) is 13.6. The number of hydrogen-bond acceptors (Lipinski definition) is 5. The van der Waals surface area contributed by atoms with Crippen molar-refractivity contribution in [3.05, 3.63) is 69.9 Å².